The van der Waals surface area contributed by atoms with Crippen LogP contribution < -0.4 is 0 Å². The summed E-state index contributed by atoms with van der Waals surface area (Å²) in [5, 5.41) is 0.291. The minimum absolute atomic E-state index is 0.291. The Kier molecular flexibility index (Phi) is 2.39. The number of hydrogen-bond donors (Lipinski definition) is 0. The zero-order valence-electron chi connectivity index (χ0n) is 5.96. The molecule has 0 saturated carbocycles. The van der Waals surface area contributed by atoms with Crippen molar-refractivity contribution in [3.63, 3.8) is 0 Å². The summed E-state index contributed by atoms with van der Waals surface area (Å²) >= 11 is 1.37. The van der Waals surface area contributed by atoms with Crippen molar-refractivity contribution in [2.45, 2.75) is 13.3 Å². The Labute approximate surface area is 65.6 Å². The van der Waals surface area contributed by atoms with E-state index in [0.717, 1.165) is 5.75 Å². The lowest BCUT2D eigenvalue weighted by Gasteiger charge is -2.22. The Balaban J connectivity index is 2.53. The van der Waals surface area contributed by atoms with Crippen LogP contribution in [0, 0.1) is 24.2 Å². The van der Waals surface area contributed by atoms with Crippen LogP contribution in [0.15, 0.2) is 0 Å². The van der Waals surface area contributed by atoms with E-state index < -0.39 is 0 Å². The van der Waals surface area contributed by atoms with Crippen molar-refractivity contribution in [2.75, 3.05) is 5.75 Å². The molecule has 2 heteroatoms. The zero-order valence-corrected chi connectivity index (χ0v) is 6.78. The van der Waals surface area contributed by atoms with Crippen LogP contribution in [0.5, 0.6) is 0 Å². The van der Waals surface area contributed by atoms with E-state index in [9.17, 15) is 4.79 Å². The fourth-order valence-electron chi connectivity index (χ4n) is 1.02. The number of rotatable bonds is 0. The first-order valence-corrected chi connectivity index (χ1v) is 4.34. The molecule has 0 aromatic carbocycles. The van der Waals surface area contributed by atoms with Gasteiger partial charge in [0.25, 0.3) is 0 Å². The molecule has 0 N–H and O–H groups in total. The van der Waals surface area contributed by atoms with Crippen LogP contribution in [0.25, 0.3) is 0 Å². The second-order valence-electron chi connectivity index (χ2n) is 2.64. The maximum atomic E-state index is 10.8. The molecule has 1 nitrogen and oxygen atoms in total. The fourth-order valence-corrected chi connectivity index (χ4v) is 2.19. The van der Waals surface area contributed by atoms with Crippen molar-refractivity contribution in [3.05, 3.63) is 0 Å². The van der Waals surface area contributed by atoms with Gasteiger partial charge in [0, 0.05) is 18.1 Å². The van der Waals surface area contributed by atoms with E-state index in [1.165, 1.54) is 11.8 Å². The average Bonchev–Trinajstić information content (AvgIpc) is 1.88. The number of carbonyl (C=O) groups is 1. The Hall–Kier alpha value is -0.420. The standard InChI is InChI=1S/C8H10OS/c1-3-7-5-10-8(9)4-6(7)2/h1,6-7H,4-5H2,2H3. The molecule has 1 saturated heterocycles. The van der Waals surface area contributed by atoms with Gasteiger partial charge in [0.15, 0.2) is 5.12 Å². The lowest BCUT2D eigenvalue weighted by Crippen LogP contribution is -2.21. The van der Waals surface area contributed by atoms with Gasteiger partial charge >= 0.3 is 0 Å². The molecular weight excluding hydrogens is 144 g/mol. The summed E-state index contributed by atoms with van der Waals surface area (Å²) in [6, 6.07) is 0. The fraction of sp³-hybridized carbons (Fsp3) is 0.625. The second-order valence-corrected chi connectivity index (χ2v) is 3.71. The topological polar surface area (TPSA) is 17.1 Å². The van der Waals surface area contributed by atoms with Crippen LogP contribution in [0.4, 0.5) is 0 Å². The first-order chi connectivity index (χ1) is 4.74. The zero-order chi connectivity index (χ0) is 7.56. The van der Waals surface area contributed by atoms with Gasteiger partial charge in [0.05, 0.1) is 0 Å². The van der Waals surface area contributed by atoms with Gasteiger partial charge in [0.1, 0.15) is 0 Å². The SMILES string of the molecule is C#CC1CSC(=O)CC1C. The third kappa shape index (κ3) is 1.54. The number of thioether (sulfide) groups is 1. The number of carbonyl (C=O) groups excluding carboxylic acids is 1. The van der Waals surface area contributed by atoms with E-state index in [-0.39, 0.29) is 0 Å². The predicted molar refractivity (Wildman–Crippen MR) is 43.6 cm³/mol. The molecule has 1 rings (SSSR count). The van der Waals surface area contributed by atoms with Crippen molar-refractivity contribution in [2.24, 2.45) is 11.8 Å². The van der Waals surface area contributed by atoms with Gasteiger partial charge in [-0.2, -0.15) is 0 Å². The van der Waals surface area contributed by atoms with Crippen molar-refractivity contribution in [3.8, 4) is 12.3 Å². The van der Waals surface area contributed by atoms with Crippen molar-refractivity contribution in [1.29, 1.82) is 0 Å². The molecule has 0 radical (unpaired) electrons. The summed E-state index contributed by atoms with van der Waals surface area (Å²) in [4.78, 5) is 10.8. The molecule has 0 aliphatic carbocycles. The molecular formula is C8H10OS. The molecule has 1 fully saturated rings. The molecule has 0 amide bonds. The van der Waals surface area contributed by atoms with E-state index in [4.69, 9.17) is 6.42 Å². The Morgan fingerprint density at radius 3 is 3.00 bits per heavy atom. The molecule has 1 aliphatic rings. The maximum Gasteiger partial charge on any atom is 0.189 e. The first kappa shape index (κ1) is 7.68. The minimum atomic E-state index is 0.291. The molecule has 1 aliphatic heterocycles. The van der Waals surface area contributed by atoms with E-state index in [1.54, 1.807) is 0 Å². The molecule has 0 aromatic heterocycles. The minimum Gasteiger partial charge on any atom is -0.287 e. The van der Waals surface area contributed by atoms with Crippen LogP contribution in [0.1, 0.15) is 13.3 Å². The summed E-state index contributed by atoms with van der Waals surface area (Å²) in [6.45, 7) is 2.04. The Bertz CT molecular complexity index is 180. The molecule has 10 heavy (non-hydrogen) atoms. The molecule has 2 atom stereocenters. The van der Waals surface area contributed by atoms with Gasteiger partial charge in [0.2, 0.25) is 0 Å². The third-order valence-electron chi connectivity index (χ3n) is 1.81. The normalized spacial score (nSPS) is 33.4. The highest BCUT2D eigenvalue weighted by atomic mass is 32.2. The summed E-state index contributed by atoms with van der Waals surface area (Å²) in [5.74, 6) is 4.21. The van der Waals surface area contributed by atoms with Crippen molar-refractivity contribution >= 4 is 16.9 Å². The predicted octanol–water partition coefficient (Wildman–Crippen LogP) is 1.54. The molecule has 2 unspecified atom stereocenters. The molecule has 54 valence electrons. The van der Waals surface area contributed by atoms with Gasteiger partial charge in [-0.25, -0.2) is 0 Å². The van der Waals surface area contributed by atoms with Crippen LogP contribution >= 0.6 is 11.8 Å². The second kappa shape index (κ2) is 3.12. The summed E-state index contributed by atoms with van der Waals surface area (Å²) in [7, 11) is 0. The number of terminal acetylenes is 1. The van der Waals surface area contributed by atoms with E-state index >= 15 is 0 Å². The van der Waals surface area contributed by atoms with Gasteiger partial charge in [-0.15, -0.1) is 12.3 Å². The van der Waals surface area contributed by atoms with Gasteiger partial charge in [-0.1, -0.05) is 18.7 Å². The highest BCUT2D eigenvalue weighted by molar-refractivity contribution is 8.13. The molecule has 0 bridgehead atoms. The molecule has 0 spiro atoms. The lowest BCUT2D eigenvalue weighted by atomic mass is 9.94. The Morgan fingerprint density at radius 2 is 2.50 bits per heavy atom. The van der Waals surface area contributed by atoms with Crippen molar-refractivity contribution < 1.29 is 4.79 Å². The Morgan fingerprint density at radius 1 is 1.80 bits per heavy atom. The molecule has 1 heterocycles. The van der Waals surface area contributed by atoms with Gasteiger partial charge in [-0.05, 0) is 5.92 Å². The molecule has 0 aromatic rings. The highest BCUT2D eigenvalue weighted by Gasteiger charge is 2.24. The lowest BCUT2D eigenvalue weighted by molar-refractivity contribution is -0.112. The summed E-state index contributed by atoms with van der Waals surface area (Å²) < 4.78 is 0. The van der Waals surface area contributed by atoms with Crippen LogP contribution in [0.2, 0.25) is 0 Å². The third-order valence-corrected chi connectivity index (χ3v) is 2.83. The quantitative estimate of drug-likeness (QED) is 0.492. The van der Waals surface area contributed by atoms with Crippen molar-refractivity contribution in [1.82, 2.24) is 0 Å². The number of hydrogen-bond acceptors (Lipinski definition) is 2. The monoisotopic (exact) mass is 154 g/mol. The van der Waals surface area contributed by atoms with Gasteiger partial charge in [-0.3, -0.25) is 4.79 Å². The van der Waals surface area contributed by atoms with Crippen LogP contribution in [0.3, 0.4) is 0 Å². The van der Waals surface area contributed by atoms with E-state index in [1.807, 2.05) is 6.92 Å². The highest BCUT2D eigenvalue weighted by Crippen LogP contribution is 2.28. The maximum absolute atomic E-state index is 10.8. The van der Waals surface area contributed by atoms with Gasteiger partial charge < -0.3 is 0 Å². The summed E-state index contributed by atoms with van der Waals surface area (Å²) in [6.07, 6.45) is 5.92. The summed E-state index contributed by atoms with van der Waals surface area (Å²) in [5.41, 5.74) is 0. The average molecular weight is 154 g/mol. The van der Waals surface area contributed by atoms with E-state index in [0.29, 0.717) is 23.4 Å². The largest absolute Gasteiger partial charge is 0.287 e. The van der Waals surface area contributed by atoms with E-state index in [2.05, 4.69) is 5.92 Å². The smallest absolute Gasteiger partial charge is 0.189 e. The van der Waals surface area contributed by atoms with Crippen LogP contribution in [-0.4, -0.2) is 10.9 Å². The van der Waals surface area contributed by atoms with Crippen LogP contribution in [-0.2, 0) is 4.79 Å². The first-order valence-electron chi connectivity index (χ1n) is 3.36.